The van der Waals surface area contributed by atoms with Crippen LogP contribution in [0.25, 0.3) is 0 Å². The molecule has 0 atom stereocenters. The number of amides is 1. The third-order valence-corrected chi connectivity index (χ3v) is 1.86. The van der Waals surface area contributed by atoms with E-state index < -0.39 is 5.41 Å². The molecule has 0 saturated heterocycles. The zero-order chi connectivity index (χ0) is 10.3. The highest BCUT2D eigenvalue weighted by Crippen LogP contribution is 2.11. The zero-order valence-corrected chi connectivity index (χ0v) is 7.92. The average Bonchev–Trinajstić information content (AvgIpc) is 2.12. The Bertz CT molecular complexity index is 157. The second kappa shape index (κ2) is 5.90. The number of aliphatic hydroxyl groups excluding tert-OH is 2. The standard InChI is InChI=1S/C8H18N2O3/c1-8(5-11,6-12)4-10-3-2-7(9)13/h10-12H,2-6H2,1H3,(H2,9,13). The lowest BCUT2D eigenvalue weighted by Gasteiger charge is -2.24. The van der Waals surface area contributed by atoms with Crippen molar-refractivity contribution in [3.63, 3.8) is 0 Å². The van der Waals surface area contributed by atoms with Crippen LogP contribution in [0, 0.1) is 5.41 Å². The van der Waals surface area contributed by atoms with Gasteiger partial charge in [0, 0.05) is 24.9 Å². The van der Waals surface area contributed by atoms with Gasteiger partial charge in [-0.25, -0.2) is 0 Å². The Hall–Kier alpha value is -0.650. The molecule has 5 nitrogen and oxygen atoms in total. The van der Waals surface area contributed by atoms with Gasteiger partial charge < -0.3 is 21.3 Å². The highest BCUT2D eigenvalue weighted by molar-refractivity contribution is 5.73. The van der Waals surface area contributed by atoms with Crippen LogP contribution in [-0.2, 0) is 4.79 Å². The fourth-order valence-corrected chi connectivity index (χ4v) is 0.764. The summed E-state index contributed by atoms with van der Waals surface area (Å²) < 4.78 is 0. The Morgan fingerprint density at radius 3 is 2.38 bits per heavy atom. The quantitative estimate of drug-likeness (QED) is 0.365. The van der Waals surface area contributed by atoms with Crippen molar-refractivity contribution in [1.82, 2.24) is 5.32 Å². The summed E-state index contributed by atoms with van der Waals surface area (Å²) in [7, 11) is 0. The van der Waals surface area contributed by atoms with Crippen molar-refractivity contribution in [2.24, 2.45) is 11.1 Å². The Balaban J connectivity index is 3.55. The number of nitrogens with two attached hydrogens (primary N) is 1. The molecule has 0 aliphatic rings. The molecule has 1 amide bonds. The summed E-state index contributed by atoms with van der Waals surface area (Å²) in [6.45, 7) is 2.52. The molecule has 0 radical (unpaired) electrons. The molecule has 0 heterocycles. The molecule has 5 N–H and O–H groups in total. The molecule has 0 aromatic carbocycles. The summed E-state index contributed by atoms with van der Waals surface area (Å²) in [5, 5.41) is 20.7. The normalized spacial score (nSPS) is 11.6. The third kappa shape index (κ3) is 5.57. The maximum Gasteiger partial charge on any atom is 0.218 e. The number of rotatable bonds is 7. The minimum absolute atomic E-state index is 0.0902. The molecule has 0 spiro atoms. The van der Waals surface area contributed by atoms with Crippen molar-refractivity contribution in [2.45, 2.75) is 13.3 Å². The molecule has 78 valence electrons. The van der Waals surface area contributed by atoms with Gasteiger partial charge >= 0.3 is 0 Å². The number of aliphatic hydroxyl groups is 2. The van der Waals surface area contributed by atoms with E-state index in [9.17, 15) is 4.79 Å². The fourth-order valence-electron chi connectivity index (χ4n) is 0.764. The van der Waals surface area contributed by atoms with E-state index in [0.717, 1.165) is 0 Å². The van der Waals surface area contributed by atoms with E-state index in [1.165, 1.54) is 0 Å². The summed E-state index contributed by atoms with van der Waals surface area (Å²) >= 11 is 0. The maximum atomic E-state index is 10.3. The predicted octanol–water partition coefficient (Wildman–Crippen LogP) is -1.56. The van der Waals surface area contributed by atoms with E-state index in [0.29, 0.717) is 13.1 Å². The SMILES string of the molecule is CC(CO)(CO)CNCCC(N)=O. The maximum absolute atomic E-state index is 10.3. The summed E-state index contributed by atoms with van der Waals surface area (Å²) in [5.74, 6) is -0.359. The number of nitrogens with one attached hydrogen (secondary N) is 1. The van der Waals surface area contributed by atoms with Crippen LogP contribution in [0.3, 0.4) is 0 Å². The average molecular weight is 190 g/mol. The van der Waals surface area contributed by atoms with Crippen molar-refractivity contribution in [1.29, 1.82) is 0 Å². The Morgan fingerprint density at radius 2 is 2.00 bits per heavy atom. The van der Waals surface area contributed by atoms with E-state index in [-0.39, 0.29) is 25.5 Å². The minimum atomic E-state index is -0.530. The molecule has 0 rings (SSSR count). The van der Waals surface area contributed by atoms with Gasteiger partial charge in [0.2, 0.25) is 5.91 Å². The number of primary amides is 1. The first-order chi connectivity index (χ1) is 6.04. The third-order valence-electron chi connectivity index (χ3n) is 1.86. The molecular formula is C8H18N2O3. The minimum Gasteiger partial charge on any atom is -0.396 e. The highest BCUT2D eigenvalue weighted by atomic mass is 16.3. The van der Waals surface area contributed by atoms with Gasteiger partial charge in [0.25, 0.3) is 0 Å². The van der Waals surface area contributed by atoms with E-state index in [4.69, 9.17) is 15.9 Å². The molecule has 0 bridgehead atoms. The van der Waals surface area contributed by atoms with Crippen LogP contribution >= 0.6 is 0 Å². The molecule has 0 unspecified atom stereocenters. The second-order valence-corrected chi connectivity index (χ2v) is 3.52. The monoisotopic (exact) mass is 190 g/mol. The van der Waals surface area contributed by atoms with Crippen molar-refractivity contribution in [3.05, 3.63) is 0 Å². The van der Waals surface area contributed by atoms with E-state index in [2.05, 4.69) is 5.32 Å². The zero-order valence-electron chi connectivity index (χ0n) is 7.92. The van der Waals surface area contributed by atoms with Gasteiger partial charge in [0.15, 0.2) is 0 Å². The Morgan fingerprint density at radius 1 is 1.46 bits per heavy atom. The van der Waals surface area contributed by atoms with E-state index in [1.54, 1.807) is 6.92 Å². The Kier molecular flexibility index (Phi) is 5.61. The smallest absolute Gasteiger partial charge is 0.218 e. The molecule has 0 aromatic heterocycles. The summed E-state index contributed by atoms with van der Waals surface area (Å²) in [6.07, 6.45) is 0.271. The van der Waals surface area contributed by atoms with E-state index in [1.807, 2.05) is 0 Å². The second-order valence-electron chi connectivity index (χ2n) is 3.52. The van der Waals surface area contributed by atoms with Gasteiger partial charge in [-0.1, -0.05) is 6.92 Å². The van der Waals surface area contributed by atoms with E-state index >= 15 is 0 Å². The van der Waals surface area contributed by atoms with Crippen LogP contribution in [0.15, 0.2) is 0 Å². The van der Waals surface area contributed by atoms with Crippen LogP contribution in [0.5, 0.6) is 0 Å². The number of hydrogen-bond acceptors (Lipinski definition) is 4. The number of carbonyl (C=O) groups excluding carboxylic acids is 1. The first-order valence-corrected chi connectivity index (χ1v) is 4.25. The molecule has 0 aromatic rings. The summed E-state index contributed by atoms with van der Waals surface area (Å²) in [5.41, 5.74) is 4.40. The first kappa shape index (κ1) is 12.3. The van der Waals surface area contributed by atoms with Crippen molar-refractivity contribution in [2.75, 3.05) is 26.3 Å². The van der Waals surface area contributed by atoms with Crippen LogP contribution in [-0.4, -0.2) is 42.4 Å². The van der Waals surface area contributed by atoms with Gasteiger partial charge in [-0.2, -0.15) is 0 Å². The molecular weight excluding hydrogens is 172 g/mol. The molecule has 5 heteroatoms. The molecule has 13 heavy (non-hydrogen) atoms. The lowest BCUT2D eigenvalue weighted by Crippen LogP contribution is -2.38. The van der Waals surface area contributed by atoms with Crippen molar-refractivity contribution < 1.29 is 15.0 Å². The van der Waals surface area contributed by atoms with Gasteiger partial charge in [0.05, 0.1) is 13.2 Å². The first-order valence-electron chi connectivity index (χ1n) is 4.25. The number of hydrogen-bond donors (Lipinski definition) is 4. The molecule has 0 saturated carbocycles. The van der Waals surface area contributed by atoms with Gasteiger partial charge in [-0.05, 0) is 0 Å². The topological polar surface area (TPSA) is 95.6 Å². The lowest BCUT2D eigenvalue weighted by atomic mass is 9.93. The fraction of sp³-hybridized carbons (Fsp3) is 0.875. The summed E-state index contributed by atoms with van der Waals surface area (Å²) in [6, 6.07) is 0. The summed E-state index contributed by atoms with van der Waals surface area (Å²) in [4.78, 5) is 10.3. The van der Waals surface area contributed by atoms with Crippen LogP contribution in [0.2, 0.25) is 0 Å². The largest absolute Gasteiger partial charge is 0.396 e. The van der Waals surface area contributed by atoms with Crippen molar-refractivity contribution >= 4 is 5.91 Å². The van der Waals surface area contributed by atoms with Crippen LogP contribution in [0.4, 0.5) is 0 Å². The van der Waals surface area contributed by atoms with Gasteiger partial charge in [-0.3, -0.25) is 4.79 Å². The highest BCUT2D eigenvalue weighted by Gasteiger charge is 2.21. The number of carbonyl (C=O) groups is 1. The van der Waals surface area contributed by atoms with Crippen LogP contribution in [0.1, 0.15) is 13.3 Å². The van der Waals surface area contributed by atoms with Crippen LogP contribution < -0.4 is 11.1 Å². The predicted molar refractivity (Wildman–Crippen MR) is 49.0 cm³/mol. The van der Waals surface area contributed by atoms with Crippen molar-refractivity contribution in [3.8, 4) is 0 Å². The van der Waals surface area contributed by atoms with Gasteiger partial charge in [-0.15, -0.1) is 0 Å². The molecule has 0 fully saturated rings. The molecule has 0 aliphatic heterocycles. The Labute approximate surface area is 77.9 Å². The molecule has 0 aliphatic carbocycles. The lowest BCUT2D eigenvalue weighted by molar-refractivity contribution is -0.117. The van der Waals surface area contributed by atoms with Gasteiger partial charge in [0.1, 0.15) is 0 Å².